The Labute approximate surface area is 141 Å². The molecule has 132 valence electrons. The summed E-state index contributed by atoms with van der Waals surface area (Å²) in [5.74, 6) is -0.360. The van der Waals surface area contributed by atoms with E-state index in [1.54, 1.807) is 4.90 Å². The van der Waals surface area contributed by atoms with Gasteiger partial charge in [0.05, 0.1) is 0 Å². The molecule has 2 rings (SSSR count). The van der Waals surface area contributed by atoms with Gasteiger partial charge in [0.25, 0.3) is 0 Å². The van der Waals surface area contributed by atoms with Crippen LogP contribution < -0.4 is 10.6 Å². The average molecular weight is 337 g/mol. The smallest absolute Gasteiger partial charge is 0.410 e. The number of halogens is 1. The summed E-state index contributed by atoms with van der Waals surface area (Å²) in [7, 11) is 0. The molecule has 1 aromatic rings. The number of carbonyl (C=O) groups excluding carboxylic acids is 2. The van der Waals surface area contributed by atoms with Crippen molar-refractivity contribution in [2.24, 2.45) is 0 Å². The number of carbonyl (C=O) groups is 2. The van der Waals surface area contributed by atoms with Gasteiger partial charge >= 0.3 is 12.1 Å². The molecule has 0 aromatic heterocycles. The number of urea groups is 1. The van der Waals surface area contributed by atoms with Crippen molar-refractivity contribution in [3.63, 3.8) is 0 Å². The number of likely N-dealkylation sites (tertiary alicyclic amines) is 1. The molecule has 1 aromatic carbocycles. The molecule has 0 radical (unpaired) electrons. The van der Waals surface area contributed by atoms with Crippen molar-refractivity contribution in [2.45, 2.75) is 45.3 Å². The lowest BCUT2D eigenvalue weighted by Gasteiger charge is -2.34. The topological polar surface area (TPSA) is 70.7 Å². The highest BCUT2D eigenvalue weighted by Gasteiger charge is 2.28. The number of benzene rings is 1. The molecule has 1 heterocycles. The molecule has 7 heteroatoms. The maximum Gasteiger partial charge on any atom is 0.410 e. The summed E-state index contributed by atoms with van der Waals surface area (Å²) in [6.45, 7) is 6.49. The Hall–Kier alpha value is -2.31. The second-order valence-corrected chi connectivity index (χ2v) is 6.87. The third-order valence-corrected chi connectivity index (χ3v) is 3.51. The standard InChI is InChI=1S/C17H24FN3O3/c1-17(2,3)24-16(23)21-10-4-5-14(11-21)20-15(22)19-13-8-6-12(18)7-9-13/h6-9,14H,4-5,10-11H2,1-3H3,(H2,19,20,22). The number of amides is 3. The predicted molar refractivity (Wildman–Crippen MR) is 89.4 cm³/mol. The fraction of sp³-hybridized carbons (Fsp3) is 0.529. The zero-order valence-electron chi connectivity index (χ0n) is 14.3. The highest BCUT2D eigenvalue weighted by molar-refractivity contribution is 5.89. The van der Waals surface area contributed by atoms with Crippen molar-refractivity contribution in [2.75, 3.05) is 18.4 Å². The molecule has 0 saturated carbocycles. The molecule has 1 unspecified atom stereocenters. The Morgan fingerprint density at radius 1 is 1.25 bits per heavy atom. The molecule has 0 aliphatic carbocycles. The summed E-state index contributed by atoms with van der Waals surface area (Å²) in [4.78, 5) is 25.7. The van der Waals surface area contributed by atoms with Crippen molar-refractivity contribution < 1.29 is 18.7 Å². The lowest BCUT2D eigenvalue weighted by atomic mass is 10.1. The van der Waals surface area contributed by atoms with Crippen molar-refractivity contribution in [3.8, 4) is 0 Å². The van der Waals surface area contributed by atoms with Crippen molar-refractivity contribution in [3.05, 3.63) is 30.1 Å². The largest absolute Gasteiger partial charge is 0.444 e. The quantitative estimate of drug-likeness (QED) is 0.869. The van der Waals surface area contributed by atoms with Crippen molar-refractivity contribution in [1.29, 1.82) is 0 Å². The van der Waals surface area contributed by atoms with Crippen LogP contribution >= 0.6 is 0 Å². The van der Waals surface area contributed by atoms with Crippen LogP contribution in [0.5, 0.6) is 0 Å². The van der Waals surface area contributed by atoms with Crippen LogP contribution in [0, 0.1) is 5.82 Å². The minimum Gasteiger partial charge on any atom is -0.444 e. The second-order valence-electron chi connectivity index (χ2n) is 6.87. The molecule has 1 atom stereocenters. The van der Waals surface area contributed by atoms with Crippen LogP contribution in [-0.2, 0) is 4.74 Å². The number of ether oxygens (including phenoxy) is 1. The van der Waals surface area contributed by atoms with Crippen LogP contribution in [0.1, 0.15) is 33.6 Å². The molecule has 1 aliphatic rings. The first kappa shape index (κ1) is 18.0. The Kier molecular flexibility index (Phi) is 5.64. The Bertz CT molecular complexity index is 584. The number of hydrogen-bond donors (Lipinski definition) is 2. The van der Waals surface area contributed by atoms with E-state index in [9.17, 15) is 14.0 Å². The zero-order chi connectivity index (χ0) is 17.7. The van der Waals surface area contributed by atoms with E-state index in [0.717, 1.165) is 12.8 Å². The van der Waals surface area contributed by atoms with Gasteiger partial charge in [-0.05, 0) is 57.9 Å². The SMILES string of the molecule is CC(C)(C)OC(=O)N1CCCC(NC(=O)Nc2ccc(F)cc2)C1. The van der Waals surface area contributed by atoms with Gasteiger partial charge in [0, 0.05) is 24.8 Å². The van der Waals surface area contributed by atoms with E-state index in [2.05, 4.69) is 10.6 Å². The molecule has 0 spiro atoms. The van der Waals surface area contributed by atoms with Gasteiger partial charge in [0.2, 0.25) is 0 Å². The first-order valence-electron chi connectivity index (χ1n) is 8.04. The summed E-state index contributed by atoms with van der Waals surface area (Å²) >= 11 is 0. The highest BCUT2D eigenvalue weighted by atomic mass is 19.1. The number of hydrogen-bond acceptors (Lipinski definition) is 3. The maximum atomic E-state index is 12.9. The summed E-state index contributed by atoms with van der Waals surface area (Å²) < 4.78 is 18.2. The van der Waals surface area contributed by atoms with Crippen LogP contribution in [0.2, 0.25) is 0 Å². The fourth-order valence-corrected chi connectivity index (χ4v) is 2.47. The highest BCUT2D eigenvalue weighted by Crippen LogP contribution is 2.16. The van der Waals surface area contributed by atoms with Crippen LogP contribution in [-0.4, -0.2) is 41.8 Å². The van der Waals surface area contributed by atoms with Crippen LogP contribution in [0.4, 0.5) is 19.7 Å². The number of piperidine rings is 1. The average Bonchev–Trinajstić information content (AvgIpc) is 2.48. The molecular formula is C17H24FN3O3. The van der Waals surface area contributed by atoms with Crippen LogP contribution in [0.25, 0.3) is 0 Å². The van der Waals surface area contributed by atoms with Crippen LogP contribution in [0.3, 0.4) is 0 Å². The molecule has 3 amide bonds. The molecular weight excluding hydrogens is 313 g/mol. The van der Waals surface area contributed by atoms with E-state index >= 15 is 0 Å². The first-order valence-corrected chi connectivity index (χ1v) is 8.04. The normalized spacial score (nSPS) is 18.0. The number of rotatable bonds is 2. The van der Waals surface area contributed by atoms with Gasteiger partial charge in [0.1, 0.15) is 11.4 Å². The lowest BCUT2D eigenvalue weighted by molar-refractivity contribution is 0.0191. The monoisotopic (exact) mass is 337 g/mol. The maximum absolute atomic E-state index is 12.9. The van der Waals surface area contributed by atoms with Gasteiger partial charge in [-0.1, -0.05) is 0 Å². The van der Waals surface area contributed by atoms with Gasteiger partial charge in [-0.25, -0.2) is 14.0 Å². The molecule has 1 aliphatic heterocycles. The molecule has 2 N–H and O–H groups in total. The van der Waals surface area contributed by atoms with Crippen molar-refractivity contribution >= 4 is 17.8 Å². The number of nitrogens with one attached hydrogen (secondary N) is 2. The third-order valence-electron chi connectivity index (χ3n) is 3.51. The fourth-order valence-electron chi connectivity index (χ4n) is 2.47. The molecule has 1 saturated heterocycles. The first-order chi connectivity index (χ1) is 11.2. The van der Waals surface area contributed by atoms with Gasteiger partial charge in [0.15, 0.2) is 0 Å². The Morgan fingerprint density at radius 3 is 2.54 bits per heavy atom. The van der Waals surface area contributed by atoms with E-state index in [1.165, 1.54) is 24.3 Å². The van der Waals surface area contributed by atoms with E-state index in [0.29, 0.717) is 18.8 Å². The van der Waals surface area contributed by atoms with Crippen molar-refractivity contribution in [1.82, 2.24) is 10.2 Å². The van der Waals surface area contributed by atoms with E-state index in [1.807, 2.05) is 20.8 Å². The van der Waals surface area contributed by atoms with Crippen LogP contribution in [0.15, 0.2) is 24.3 Å². The summed E-state index contributed by atoms with van der Waals surface area (Å²) in [6, 6.07) is 5.01. The molecule has 6 nitrogen and oxygen atoms in total. The van der Waals surface area contributed by atoms with Gasteiger partial charge in [-0.3, -0.25) is 0 Å². The third kappa shape index (κ3) is 5.72. The predicted octanol–water partition coefficient (Wildman–Crippen LogP) is 3.35. The van der Waals surface area contributed by atoms with E-state index < -0.39 is 5.60 Å². The Balaban J connectivity index is 1.84. The number of anilines is 1. The number of nitrogens with zero attached hydrogens (tertiary/aromatic N) is 1. The van der Waals surface area contributed by atoms with Gasteiger partial charge < -0.3 is 20.3 Å². The molecule has 0 bridgehead atoms. The van der Waals surface area contributed by atoms with E-state index in [-0.39, 0.29) is 24.0 Å². The van der Waals surface area contributed by atoms with Gasteiger partial charge in [-0.15, -0.1) is 0 Å². The summed E-state index contributed by atoms with van der Waals surface area (Å²) in [5, 5.41) is 5.48. The Morgan fingerprint density at radius 2 is 1.92 bits per heavy atom. The lowest BCUT2D eigenvalue weighted by Crippen LogP contribution is -2.51. The summed E-state index contributed by atoms with van der Waals surface area (Å²) in [5.41, 5.74) is -0.0362. The summed E-state index contributed by atoms with van der Waals surface area (Å²) in [6.07, 6.45) is 1.21. The zero-order valence-corrected chi connectivity index (χ0v) is 14.3. The minimum atomic E-state index is -0.544. The van der Waals surface area contributed by atoms with Gasteiger partial charge in [-0.2, -0.15) is 0 Å². The minimum absolute atomic E-state index is 0.147. The molecule has 24 heavy (non-hydrogen) atoms. The molecule has 1 fully saturated rings. The van der Waals surface area contributed by atoms with E-state index in [4.69, 9.17) is 4.74 Å². The second kappa shape index (κ2) is 7.51.